The van der Waals surface area contributed by atoms with E-state index in [-0.39, 0.29) is 30.0 Å². The van der Waals surface area contributed by atoms with E-state index in [9.17, 15) is 18.4 Å². The minimum absolute atomic E-state index is 0.0120. The number of para-hydroxylation sites is 1. The van der Waals surface area contributed by atoms with E-state index in [1.54, 1.807) is 19.1 Å². The lowest BCUT2D eigenvalue weighted by Gasteiger charge is -2.39. The van der Waals surface area contributed by atoms with Crippen LogP contribution in [0.2, 0.25) is 0 Å². The van der Waals surface area contributed by atoms with E-state index >= 15 is 0 Å². The number of esters is 1. The highest BCUT2D eigenvalue weighted by Gasteiger charge is 2.43. The fraction of sp³-hybridized carbons (Fsp3) is 0.333. The summed E-state index contributed by atoms with van der Waals surface area (Å²) in [5.74, 6) is -3.00. The van der Waals surface area contributed by atoms with Crippen LogP contribution in [0.15, 0.2) is 71.1 Å². The van der Waals surface area contributed by atoms with Crippen molar-refractivity contribution >= 4 is 11.8 Å². The van der Waals surface area contributed by atoms with Crippen LogP contribution in [-0.4, -0.2) is 25.0 Å². The molecule has 0 fully saturated rings. The van der Waals surface area contributed by atoms with Crippen molar-refractivity contribution in [1.29, 1.82) is 0 Å². The standard InChI is InChI=1S/C27H27F2NO4/c1-16-23(26(32)34-12-11-33-18-7-5-4-6-8-18)24(17-9-10-19(28)20(29)13-17)25-21(30-16)14-27(2,3)15-22(25)31/h4-10,13,24,30H,11-12,14-15H2,1-3H3. The lowest BCUT2D eigenvalue weighted by molar-refractivity contribution is -0.140. The molecular formula is C27H27F2NO4. The van der Waals surface area contributed by atoms with Crippen molar-refractivity contribution in [3.63, 3.8) is 0 Å². The van der Waals surface area contributed by atoms with Gasteiger partial charge in [-0.3, -0.25) is 4.79 Å². The molecular weight excluding hydrogens is 440 g/mol. The molecule has 2 aromatic carbocycles. The van der Waals surface area contributed by atoms with Crippen LogP contribution in [0.5, 0.6) is 5.75 Å². The Morgan fingerprint density at radius 1 is 1.06 bits per heavy atom. The molecule has 0 radical (unpaired) electrons. The Morgan fingerprint density at radius 2 is 1.79 bits per heavy atom. The Hall–Kier alpha value is -3.48. The zero-order chi connectivity index (χ0) is 24.5. The van der Waals surface area contributed by atoms with Crippen molar-refractivity contribution < 1.29 is 27.8 Å². The van der Waals surface area contributed by atoms with Gasteiger partial charge in [0.2, 0.25) is 0 Å². The highest BCUT2D eigenvalue weighted by Crippen LogP contribution is 2.46. The highest BCUT2D eigenvalue weighted by atomic mass is 19.2. The average molecular weight is 468 g/mol. The van der Waals surface area contributed by atoms with E-state index in [1.165, 1.54) is 6.07 Å². The number of rotatable bonds is 6. The third-order valence-electron chi connectivity index (χ3n) is 6.07. The molecule has 2 aromatic rings. The maximum absolute atomic E-state index is 14.2. The minimum atomic E-state index is -1.04. The molecule has 0 aromatic heterocycles. The maximum atomic E-state index is 14.2. The van der Waals surface area contributed by atoms with Crippen molar-refractivity contribution in [3.8, 4) is 5.75 Å². The van der Waals surface area contributed by atoms with Crippen LogP contribution in [-0.2, 0) is 14.3 Å². The smallest absolute Gasteiger partial charge is 0.336 e. The number of carbonyl (C=O) groups excluding carboxylic acids is 2. The Balaban J connectivity index is 1.62. The average Bonchev–Trinajstić information content (AvgIpc) is 2.77. The van der Waals surface area contributed by atoms with Gasteiger partial charge in [0.15, 0.2) is 17.4 Å². The Bertz CT molecular complexity index is 1180. The second kappa shape index (κ2) is 9.41. The molecule has 1 N–H and O–H groups in total. The number of ketones is 1. The molecule has 0 bridgehead atoms. The van der Waals surface area contributed by atoms with E-state index in [0.29, 0.717) is 41.1 Å². The molecule has 1 aliphatic heterocycles. The summed E-state index contributed by atoms with van der Waals surface area (Å²) in [5, 5.41) is 3.22. The molecule has 1 atom stereocenters. The van der Waals surface area contributed by atoms with E-state index in [4.69, 9.17) is 9.47 Å². The number of carbonyl (C=O) groups is 2. The topological polar surface area (TPSA) is 64.6 Å². The minimum Gasteiger partial charge on any atom is -0.490 e. The third-order valence-corrected chi connectivity index (χ3v) is 6.07. The fourth-order valence-electron chi connectivity index (χ4n) is 4.62. The van der Waals surface area contributed by atoms with Crippen LogP contribution in [0.4, 0.5) is 8.78 Å². The van der Waals surface area contributed by atoms with Gasteiger partial charge in [-0.15, -0.1) is 0 Å². The van der Waals surface area contributed by atoms with Gasteiger partial charge in [-0.1, -0.05) is 38.1 Å². The van der Waals surface area contributed by atoms with Gasteiger partial charge in [0.25, 0.3) is 0 Å². The quantitative estimate of drug-likeness (QED) is 0.468. The molecule has 4 rings (SSSR count). The summed E-state index contributed by atoms with van der Waals surface area (Å²) in [6.07, 6.45) is 0.888. The van der Waals surface area contributed by atoms with Gasteiger partial charge in [0.05, 0.1) is 5.57 Å². The molecule has 178 valence electrons. The molecule has 2 aliphatic rings. The van der Waals surface area contributed by atoms with Crippen molar-refractivity contribution in [2.75, 3.05) is 13.2 Å². The second-order valence-electron chi connectivity index (χ2n) is 9.40. The zero-order valence-corrected chi connectivity index (χ0v) is 19.4. The first-order chi connectivity index (χ1) is 16.2. The lowest BCUT2D eigenvalue weighted by atomic mass is 9.68. The van der Waals surface area contributed by atoms with Gasteiger partial charge >= 0.3 is 5.97 Å². The number of hydrogen-bond donors (Lipinski definition) is 1. The summed E-state index contributed by atoms with van der Waals surface area (Å²) in [5.41, 5.74) is 1.91. The van der Waals surface area contributed by atoms with Crippen LogP contribution in [0.3, 0.4) is 0 Å². The number of allylic oxidation sites excluding steroid dienone is 3. The first-order valence-corrected chi connectivity index (χ1v) is 11.2. The summed E-state index contributed by atoms with van der Waals surface area (Å²) in [7, 11) is 0. The van der Waals surface area contributed by atoms with Gasteiger partial charge in [-0.25, -0.2) is 13.6 Å². The summed E-state index contributed by atoms with van der Waals surface area (Å²) < 4.78 is 38.9. The first-order valence-electron chi connectivity index (χ1n) is 11.2. The number of benzene rings is 2. The first kappa shape index (κ1) is 23.7. The Kier molecular flexibility index (Phi) is 6.55. The van der Waals surface area contributed by atoms with Crippen LogP contribution >= 0.6 is 0 Å². The van der Waals surface area contributed by atoms with Gasteiger partial charge in [0, 0.05) is 29.3 Å². The molecule has 0 saturated heterocycles. The number of hydrogen-bond acceptors (Lipinski definition) is 5. The number of nitrogens with one attached hydrogen (secondary N) is 1. The van der Waals surface area contributed by atoms with Gasteiger partial charge in [-0.2, -0.15) is 0 Å². The van der Waals surface area contributed by atoms with Crippen molar-refractivity contribution in [2.24, 2.45) is 5.41 Å². The summed E-state index contributed by atoms with van der Waals surface area (Å²) in [6, 6.07) is 12.6. The highest BCUT2D eigenvalue weighted by molar-refractivity contribution is 6.04. The number of ether oxygens (including phenoxy) is 2. The van der Waals surface area contributed by atoms with Crippen LogP contribution in [0.25, 0.3) is 0 Å². The van der Waals surface area contributed by atoms with Gasteiger partial charge in [-0.05, 0) is 48.6 Å². The molecule has 1 aliphatic carbocycles. The largest absolute Gasteiger partial charge is 0.490 e. The Labute approximate surface area is 197 Å². The lowest BCUT2D eigenvalue weighted by Crippen LogP contribution is -2.38. The summed E-state index contributed by atoms with van der Waals surface area (Å²) in [6.45, 7) is 5.85. The van der Waals surface area contributed by atoms with E-state index in [1.807, 2.05) is 32.0 Å². The number of halogens is 2. The van der Waals surface area contributed by atoms with Gasteiger partial charge < -0.3 is 14.8 Å². The molecule has 1 heterocycles. The third kappa shape index (κ3) is 4.88. The Morgan fingerprint density at radius 3 is 2.50 bits per heavy atom. The SMILES string of the molecule is CC1=C(C(=O)OCCOc2ccccc2)C(c2ccc(F)c(F)c2)C2=C(CC(C)(C)CC2=O)N1. The van der Waals surface area contributed by atoms with Crippen molar-refractivity contribution in [3.05, 3.63) is 88.3 Å². The molecule has 1 unspecified atom stereocenters. The maximum Gasteiger partial charge on any atom is 0.336 e. The van der Waals surface area contributed by atoms with Crippen LogP contribution < -0.4 is 10.1 Å². The fourth-order valence-corrected chi connectivity index (χ4v) is 4.62. The molecule has 0 amide bonds. The number of Topliss-reactive ketones (excluding diaryl/α,β-unsaturated/α-hetero) is 1. The predicted molar refractivity (Wildman–Crippen MR) is 123 cm³/mol. The van der Waals surface area contributed by atoms with Crippen LogP contribution in [0.1, 0.15) is 45.1 Å². The molecule has 7 heteroatoms. The van der Waals surface area contributed by atoms with Crippen LogP contribution in [0, 0.1) is 17.0 Å². The van der Waals surface area contributed by atoms with Crippen molar-refractivity contribution in [1.82, 2.24) is 5.32 Å². The second-order valence-corrected chi connectivity index (χ2v) is 9.40. The summed E-state index contributed by atoms with van der Waals surface area (Å²) in [4.78, 5) is 26.4. The normalized spacial score (nSPS) is 19.4. The summed E-state index contributed by atoms with van der Waals surface area (Å²) >= 11 is 0. The monoisotopic (exact) mass is 467 g/mol. The van der Waals surface area contributed by atoms with E-state index < -0.39 is 23.5 Å². The molecule has 0 spiro atoms. The molecule has 5 nitrogen and oxygen atoms in total. The van der Waals surface area contributed by atoms with Crippen molar-refractivity contribution in [2.45, 2.75) is 39.5 Å². The zero-order valence-electron chi connectivity index (χ0n) is 19.4. The molecule has 0 saturated carbocycles. The molecule has 34 heavy (non-hydrogen) atoms. The predicted octanol–water partition coefficient (Wildman–Crippen LogP) is 5.19. The number of dihydropyridines is 1. The van der Waals surface area contributed by atoms with E-state index in [0.717, 1.165) is 12.1 Å². The van der Waals surface area contributed by atoms with E-state index in [2.05, 4.69) is 5.32 Å². The van der Waals surface area contributed by atoms with Gasteiger partial charge in [0.1, 0.15) is 19.0 Å².